The summed E-state index contributed by atoms with van der Waals surface area (Å²) in [5.41, 5.74) is 1.02. The topological polar surface area (TPSA) is 12.0 Å². The van der Waals surface area contributed by atoms with E-state index in [1.807, 2.05) is 0 Å². The molecule has 0 aromatic carbocycles. The minimum Gasteiger partial charge on any atom is -0.310 e. The van der Waals surface area contributed by atoms with Crippen LogP contribution in [0.2, 0.25) is 0 Å². The van der Waals surface area contributed by atoms with Gasteiger partial charge in [-0.1, -0.05) is 18.2 Å². The van der Waals surface area contributed by atoms with Gasteiger partial charge >= 0.3 is 6.18 Å². The van der Waals surface area contributed by atoms with Crippen molar-refractivity contribution in [2.75, 3.05) is 6.54 Å². The van der Waals surface area contributed by atoms with E-state index < -0.39 is 12.1 Å². The Bertz CT molecular complexity index is 285. The normalized spacial score (nSPS) is 31.8. The van der Waals surface area contributed by atoms with E-state index in [9.17, 15) is 13.2 Å². The van der Waals surface area contributed by atoms with Crippen LogP contribution in [0.1, 0.15) is 19.3 Å². The number of halogens is 3. The molecule has 2 aliphatic rings. The molecule has 1 unspecified atom stereocenters. The van der Waals surface area contributed by atoms with E-state index in [0.717, 1.165) is 25.0 Å². The first-order valence-corrected chi connectivity index (χ1v) is 5.26. The second-order valence-electron chi connectivity index (χ2n) is 4.10. The van der Waals surface area contributed by atoms with Crippen LogP contribution in [0.15, 0.2) is 23.8 Å². The summed E-state index contributed by atoms with van der Waals surface area (Å²) in [4.78, 5) is 0. The summed E-state index contributed by atoms with van der Waals surface area (Å²) in [7, 11) is 0. The summed E-state index contributed by atoms with van der Waals surface area (Å²) in [6.45, 7) is 0.971. The first-order valence-electron chi connectivity index (χ1n) is 5.26. The number of allylic oxidation sites excluding steroid dienone is 2. The lowest BCUT2D eigenvalue weighted by Gasteiger charge is -2.21. The Morgan fingerprint density at radius 2 is 2.13 bits per heavy atom. The van der Waals surface area contributed by atoms with Gasteiger partial charge in [0.15, 0.2) is 0 Å². The molecule has 1 aliphatic carbocycles. The third kappa shape index (κ3) is 2.43. The average molecular weight is 217 g/mol. The molecular formula is C11H14F3N. The van der Waals surface area contributed by atoms with E-state index in [2.05, 4.69) is 5.32 Å². The molecule has 4 heteroatoms. The van der Waals surface area contributed by atoms with Crippen molar-refractivity contribution in [2.45, 2.75) is 31.5 Å². The third-order valence-corrected chi connectivity index (χ3v) is 3.01. The Morgan fingerprint density at radius 1 is 1.33 bits per heavy atom. The lowest BCUT2D eigenvalue weighted by Crippen LogP contribution is -2.26. The number of rotatable bonds is 1. The largest absolute Gasteiger partial charge is 0.395 e. The van der Waals surface area contributed by atoms with Gasteiger partial charge in [-0.25, -0.2) is 0 Å². The standard InChI is InChI=1S/C11H14F3N/c12-11(13,14)9-5-3-8(4-6-9)10-2-1-7-15-10/h3-5,9-10,15H,1-2,6-7H2/t9?,10-/m1/s1. The molecule has 0 bridgehead atoms. The molecular weight excluding hydrogens is 203 g/mol. The quantitative estimate of drug-likeness (QED) is 0.712. The van der Waals surface area contributed by atoms with Crippen molar-refractivity contribution in [3.05, 3.63) is 23.8 Å². The van der Waals surface area contributed by atoms with Crippen molar-refractivity contribution in [3.8, 4) is 0 Å². The first-order chi connectivity index (χ1) is 7.07. The van der Waals surface area contributed by atoms with Gasteiger partial charge in [-0.05, 0) is 31.4 Å². The predicted molar refractivity (Wildman–Crippen MR) is 52.4 cm³/mol. The third-order valence-electron chi connectivity index (χ3n) is 3.01. The SMILES string of the molecule is FC(F)(F)C1C=CC([C@H]2CCCN2)=CC1. The highest BCUT2D eigenvalue weighted by atomic mass is 19.4. The van der Waals surface area contributed by atoms with Gasteiger partial charge in [-0.3, -0.25) is 0 Å². The fraction of sp³-hybridized carbons (Fsp3) is 0.636. The Morgan fingerprint density at radius 3 is 2.60 bits per heavy atom. The Balaban J connectivity index is 1.98. The smallest absolute Gasteiger partial charge is 0.310 e. The van der Waals surface area contributed by atoms with Gasteiger partial charge in [0, 0.05) is 6.04 Å². The minimum absolute atomic E-state index is 0.0908. The zero-order valence-electron chi connectivity index (χ0n) is 8.35. The highest BCUT2D eigenvalue weighted by Crippen LogP contribution is 2.34. The van der Waals surface area contributed by atoms with Gasteiger partial charge in [-0.2, -0.15) is 13.2 Å². The molecule has 0 aromatic heterocycles. The van der Waals surface area contributed by atoms with Gasteiger partial charge < -0.3 is 5.32 Å². The van der Waals surface area contributed by atoms with E-state index in [-0.39, 0.29) is 12.5 Å². The molecule has 0 aromatic rings. The highest BCUT2D eigenvalue weighted by molar-refractivity contribution is 5.30. The summed E-state index contributed by atoms with van der Waals surface area (Å²) in [5, 5.41) is 3.28. The Hall–Kier alpha value is -0.770. The molecule has 0 saturated carbocycles. The maximum absolute atomic E-state index is 12.3. The van der Waals surface area contributed by atoms with Crippen molar-refractivity contribution in [3.63, 3.8) is 0 Å². The maximum Gasteiger partial charge on any atom is 0.395 e. The number of hydrogen-bond donors (Lipinski definition) is 1. The van der Waals surface area contributed by atoms with Gasteiger partial charge in [0.1, 0.15) is 0 Å². The summed E-state index contributed by atoms with van der Waals surface area (Å²) in [5.74, 6) is -1.29. The van der Waals surface area contributed by atoms with Crippen LogP contribution >= 0.6 is 0 Å². The van der Waals surface area contributed by atoms with E-state index in [1.54, 1.807) is 12.2 Å². The molecule has 1 aliphatic heterocycles. The molecule has 1 nitrogen and oxygen atoms in total. The van der Waals surface area contributed by atoms with E-state index in [1.165, 1.54) is 6.08 Å². The van der Waals surface area contributed by atoms with Crippen LogP contribution in [0.5, 0.6) is 0 Å². The minimum atomic E-state index is -4.10. The molecule has 2 atom stereocenters. The molecule has 2 rings (SSSR count). The van der Waals surface area contributed by atoms with Crippen LogP contribution in [0.3, 0.4) is 0 Å². The zero-order valence-corrected chi connectivity index (χ0v) is 8.35. The van der Waals surface area contributed by atoms with Crippen molar-refractivity contribution < 1.29 is 13.2 Å². The number of alkyl halides is 3. The monoisotopic (exact) mass is 217 g/mol. The molecule has 0 amide bonds. The maximum atomic E-state index is 12.3. The summed E-state index contributed by atoms with van der Waals surface area (Å²) in [6.07, 6.45) is 2.78. The molecule has 1 fully saturated rings. The van der Waals surface area contributed by atoms with Gasteiger partial charge in [0.05, 0.1) is 5.92 Å². The summed E-state index contributed by atoms with van der Waals surface area (Å²) >= 11 is 0. The van der Waals surface area contributed by atoms with Crippen LogP contribution in [-0.2, 0) is 0 Å². The zero-order chi connectivity index (χ0) is 10.9. The van der Waals surface area contributed by atoms with E-state index in [0.29, 0.717) is 0 Å². The number of nitrogens with one attached hydrogen (secondary N) is 1. The molecule has 1 saturated heterocycles. The molecule has 0 spiro atoms. The van der Waals surface area contributed by atoms with Crippen LogP contribution < -0.4 is 5.32 Å². The summed E-state index contributed by atoms with van der Waals surface area (Å²) in [6, 6.07) is 0.274. The lowest BCUT2D eigenvalue weighted by atomic mass is 9.92. The van der Waals surface area contributed by atoms with Gasteiger partial charge in [0.2, 0.25) is 0 Å². The fourth-order valence-electron chi connectivity index (χ4n) is 2.11. The van der Waals surface area contributed by atoms with E-state index >= 15 is 0 Å². The molecule has 1 N–H and O–H groups in total. The lowest BCUT2D eigenvalue weighted by molar-refractivity contribution is -0.160. The van der Waals surface area contributed by atoms with Crippen molar-refractivity contribution >= 4 is 0 Å². The predicted octanol–water partition coefficient (Wildman–Crippen LogP) is 2.80. The van der Waals surface area contributed by atoms with E-state index in [4.69, 9.17) is 0 Å². The van der Waals surface area contributed by atoms with Crippen LogP contribution in [0, 0.1) is 5.92 Å². The van der Waals surface area contributed by atoms with Crippen molar-refractivity contribution in [2.24, 2.45) is 5.92 Å². The van der Waals surface area contributed by atoms with Crippen LogP contribution in [0.25, 0.3) is 0 Å². The van der Waals surface area contributed by atoms with Crippen molar-refractivity contribution in [1.82, 2.24) is 5.32 Å². The summed E-state index contributed by atoms with van der Waals surface area (Å²) < 4.78 is 37.0. The molecule has 1 heterocycles. The Labute approximate surface area is 87.0 Å². The number of hydrogen-bond acceptors (Lipinski definition) is 1. The van der Waals surface area contributed by atoms with Crippen molar-refractivity contribution in [1.29, 1.82) is 0 Å². The van der Waals surface area contributed by atoms with Crippen LogP contribution in [-0.4, -0.2) is 18.8 Å². The Kier molecular flexibility index (Phi) is 2.87. The van der Waals surface area contributed by atoms with Gasteiger partial charge in [0.25, 0.3) is 0 Å². The molecule has 84 valence electrons. The average Bonchev–Trinajstić information content (AvgIpc) is 2.69. The second-order valence-corrected chi connectivity index (χ2v) is 4.10. The molecule has 0 radical (unpaired) electrons. The first kappa shape index (κ1) is 10.7. The second kappa shape index (κ2) is 4.00. The van der Waals surface area contributed by atoms with Gasteiger partial charge in [-0.15, -0.1) is 0 Å². The molecule has 15 heavy (non-hydrogen) atoms. The highest BCUT2D eigenvalue weighted by Gasteiger charge is 2.38. The fourth-order valence-corrected chi connectivity index (χ4v) is 2.11. The van der Waals surface area contributed by atoms with Crippen LogP contribution in [0.4, 0.5) is 13.2 Å².